The number of rotatable bonds is 5. The summed E-state index contributed by atoms with van der Waals surface area (Å²) in [5.74, 6) is 2.61. The molecule has 0 aromatic carbocycles. The van der Waals surface area contributed by atoms with Gasteiger partial charge in [-0.3, -0.25) is 4.79 Å². The number of allylic oxidation sites excluding steroid dienone is 2. The van der Waals surface area contributed by atoms with Crippen LogP contribution in [0.2, 0.25) is 0 Å². The Morgan fingerprint density at radius 1 is 1.25 bits per heavy atom. The van der Waals surface area contributed by atoms with E-state index in [2.05, 4.69) is 47.8 Å². The molecular formula is C22H31N5O. The highest BCUT2D eigenvalue weighted by Gasteiger charge is 2.33. The quantitative estimate of drug-likeness (QED) is 0.732. The molecule has 0 bridgehead atoms. The Balaban J connectivity index is 1.57. The number of amides is 1. The van der Waals surface area contributed by atoms with Crippen LogP contribution in [-0.2, 0) is 4.79 Å². The van der Waals surface area contributed by atoms with Gasteiger partial charge in [0.1, 0.15) is 0 Å². The largest absolute Gasteiger partial charge is 0.339 e. The van der Waals surface area contributed by atoms with Gasteiger partial charge in [0.05, 0.1) is 6.07 Å². The van der Waals surface area contributed by atoms with Crippen LogP contribution in [-0.4, -0.2) is 47.0 Å². The summed E-state index contributed by atoms with van der Waals surface area (Å²) in [5, 5.41) is 9.14. The molecule has 1 amide bonds. The lowest BCUT2D eigenvalue weighted by Gasteiger charge is -2.38. The maximum Gasteiger partial charge on any atom is 0.225 e. The third-order valence-corrected chi connectivity index (χ3v) is 6.30. The van der Waals surface area contributed by atoms with Crippen molar-refractivity contribution in [2.45, 2.75) is 40.0 Å². The molecule has 6 heteroatoms. The van der Waals surface area contributed by atoms with Gasteiger partial charge in [0.15, 0.2) is 0 Å². The molecule has 1 saturated heterocycles. The third-order valence-electron chi connectivity index (χ3n) is 6.30. The standard InChI is InChI=1S/C22H31N5O/c1-16(2)20-14-19(17(3)13-18(20)5-6-23)15-21(28)26-9-11-27(12-10-26)22-24-7-4-8-25-22/h4,7-8,13,16,18-20H,5,9-12,14-15H2,1-3H3/t18-,19+,20+/m1/s1. The Hall–Kier alpha value is -2.42. The molecule has 1 aliphatic carbocycles. The fraction of sp³-hybridized carbons (Fsp3) is 0.636. The molecule has 1 aliphatic heterocycles. The van der Waals surface area contributed by atoms with Gasteiger partial charge >= 0.3 is 0 Å². The van der Waals surface area contributed by atoms with Gasteiger partial charge in [0.2, 0.25) is 11.9 Å². The summed E-state index contributed by atoms with van der Waals surface area (Å²) in [6, 6.07) is 4.15. The van der Waals surface area contributed by atoms with E-state index in [9.17, 15) is 4.79 Å². The zero-order chi connectivity index (χ0) is 20.1. The number of nitrogens with zero attached hydrogens (tertiary/aromatic N) is 5. The topological polar surface area (TPSA) is 73.1 Å². The molecule has 0 unspecified atom stereocenters. The number of anilines is 1. The highest BCUT2D eigenvalue weighted by atomic mass is 16.2. The van der Waals surface area contributed by atoms with Gasteiger partial charge < -0.3 is 9.80 Å². The second-order valence-electron chi connectivity index (χ2n) is 8.40. The third kappa shape index (κ3) is 4.70. The molecule has 0 N–H and O–H groups in total. The first kappa shape index (κ1) is 20.3. The summed E-state index contributed by atoms with van der Waals surface area (Å²) >= 11 is 0. The van der Waals surface area contributed by atoms with Gasteiger partial charge in [-0.2, -0.15) is 5.26 Å². The van der Waals surface area contributed by atoms with Crippen molar-refractivity contribution < 1.29 is 4.79 Å². The predicted octanol–water partition coefficient (Wildman–Crippen LogP) is 3.28. The Kier molecular flexibility index (Phi) is 6.66. The van der Waals surface area contributed by atoms with Crippen molar-refractivity contribution in [2.24, 2.45) is 23.7 Å². The zero-order valence-electron chi connectivity index (χ0n) is 17.2. The summed E-state index contributed by atoms with van der Waals surface area (Å²) in [6.07, 6.45) is 7.93. The van der Waals surface area contributed by atoms with Crippen LogP contribution in [0.25, 0.3) is 0 Å². The molecule has 1 aromatic rings. The second kappa shape index (κ2) is 9.18. The minimum Gasteiger partial charge on any atom is -0.339 e. The van der Waals surface area contributed by atoms with Crippen molar-refractivity contribution >= 4 is 11.9 Å². The number of hydrogen-bond donors (Lipinski definition) is 0. The maximum absolute atomic E-state index is 12.9. The molecule has 28 heavy (non-hydrogen) atoms. The van der Waals surface area contributed by atoms with Crippen LogP contribution >= 0.6 is 0 Å². The Morgan fingerprint density at radius 2 is 1.93 bits per heavy atom. The molecule has 1 aromatic heterocycles. The maximum atomic E-state index is 12.9. The summed E-state index contributed by atoms with van der Waals surface area (Å²) in [5.41, 5.74) is 1.28. The number of carbonyl (C=O) groups is 1. The Labute approximate surface area is 168 Å². The first-order chi connectivity index (χ1) is 13.5. The fourth-order valence-corrected chi connectivity index (χ4v) is 4.56. The molecule has 0 spiro atoms. The molecule has 0 radical (unpaired) electrons. The van der Waals surface area contributed by atoms with E-state index in [0.29, 0.717) is 36.5 Å². The SMILES string of the molecule is CC1=C[C@@H](CC#N)[C@H](C(C)C)C[C@H]1CC(=O)N1CCN(c2ncccn2)CC1. The van der Waals surface area contributed by atoms with E-state index in [4.69, 9.17) is 5.26 Å². The number of hydrogen-bond acceptors (Lipinski definition) is 5. The number of carbonyl (C=O) groups excluding carboxylic acids is 1. The average Bonchev–Trinajstić information content (AvgIpc) is 2.70. The van der Waals surface area contributed by atoms with Crippen molar-refractivity contribution in [3.05, 3.63) is 30.1 Å². The van der Waals surface area contributed by atoms with Gasteiger partial charge in [0, 0.05) is 51.4 Å². The number of piperazine rings is 1. The van der Waals surface area contributed by atoms with Crippen LogP contribution in [0.3, 0.4) is 0 Å². The highest BCUT2D eigenvalue weighted by Crippen LogP contribution is 2.40. The van der Waals surface area contributed by atoms with E-state index in [1.54, 1.807) is 12.4 Å². The lowest BCUT2D eigenvalue weighted by Crippen LogP contribution is -2.49. The van der Waals surface area contributed by atoms with E-state index in [0.717, 1.165) is 38.5 Å². The van der Waals surface area contributed by atoms with Crippen LogP contribution in [0.4, 0.5) is 5.95 Å². The van der Waals surface area contributed by atoms with Crippen molar-refractivity contribution in [1.82, 2.24) is 14.9 Å². The number of nitriles is 1. The van der Waals surface area contributed by atoms with Crippen LogP contribution in [0, 0.1) is 35.0 Å². The van der Waals surface area contributed by atoms with E-state index >= 15 is 0 Å². The molecule has 1 fully saturated rings. The van der Waals surface area contributed by atoms with Crippen molar-refractivity contribution in [2.75, 3.05) is 31.1 Å². The average molecular weight is 382 g/mol. The van der Waals surface area contributed by atoms with E-state index in [-0.39, 0.29) is 5.91 Å². The van der Waals surface area contributed by atoms with Gasteiger partial charge in [-0.1, -0.05) is 25.5 Å². The minimum absolute atomic E-state index is 0.243. The lowest BCUT2D eigenvalue weighted by molar-refractivity contribution is -0.132. The first-order valence-electron chi connectivity index (χ1n) is 10.3. The van der Waals surface area contributed by atoms with Crippen LogP contribution in [0.15, 0.2) is 30.1 Å². The lowest BCUT2D eigenvalue weighted by atomic mass is 9.69. The normalized spacial score (nSPS) is 25.4. The van der Waals surface area contributed by atoms with E-state index < -0.39 is 0 Å². The van der Waals surface area contributed by atoms with Crippen LogP contribution in [0.5, 0.6) is 0 Å². The zero-order valence-corrected chi connectivity index (χ0v) is 17.2. The predicted molar refractivity (Wildman–Crippen MR) is 109 cm³/mol. The molecular weight excluding hydrogens is 350 g/mol. The molecule has 150 valence electrons. The molecule has 3 atom stereocenters. The van der Waals surface area contributed by atoms with Crippen LogP contribution < -0.4 is 4.90 Å². The summed E-state index contributed by atoms with van der Waals surface area (Å²) in [7, 11) is 0. The Bertz CT molecular complexity index is 731. The monoisotopic (exact) mass is 381 g/mol. The first-order valence-corrected chi connectivity index (χ1v) is 10.3. The molecule has 2 aliphatic rings. The van der Waals surface area contributed by atoms with Crippen molar-refractivity contribution in [3.8, 4) is 6.07 Å². The van der Waals surface area contributed by atoms with Gasteiger partial charge in [-0.25, -0.2) is 9.97 Å². The second-order valence-corrected chi connectivity index (χ2v) is 8.40. The van der Waals surface area contributed by atoms with Crippen molar-refractivity contribution in [1.29, 1.82) is 5.26 Å². The van der Waals surface area contributed by atoms with Gasteiger partial charge in [-0.05, 0) is 43.1 Å². The fourth-order valence-electron chi connectivity index (χ4n) is 4.56. The molecule has 6 nitrogen and oxygen atoms in total. The summed E-state index contributed by atoms with van der Waals surface area (Å²) in [4.78, 5) is 25.7. The summed E-state index contributed by atoms with van der Waals surface area (Å²) in [6.45, 7) is 9.57. The van der Waals surface area contributed by atoms with Crippen molar-refractivity contribution in [3.63, 3.8) is 0 Å². The minimum atomic E-state index is 0.243. The molecule has 2 heterocycles. The highest BCUT2D eigenvalue weighted by molar-refractivity contribution is 5.77. The van der Waals surface area contributed by atoms with Gasteiger partial charge in [0.25, 0.3) is 0 Å². The summed E-state index contributed by atoms with van der Waals surface area (Å²) < 4.78 is 0. The van der Waals surface area contributed by atoms with Crippen LogP contribution in [0.1, 0.15) is 40.0 Å². The van der Waals surface area contributed by atoms with E-state index in [1.807, 2.05) is 11.0 Å². The number of aromatic nitrogens is 2. The molecule has 3 rings (SSSR count). The van der Waals surface area contributed by atoms with Gasteiger partial charge in [-0.15, -0.1) is 0 Å². The smallest absolute Gasteiger partial charge is 0.225 e. The molecule has 0 saturated carbocycles. The Morgan fingerprint density at radius 3 is 2.54 bits per heavy atom. The van der Waals surface area contributed by atoms with E-state index in [1.165, 1.54) is 5.57 Å².